The molecule has 1 aromatic carbocycles. The molecule has 0 unspecified atom stereocenters. The molecular weight excluding hydrogens is 464 g/mol. The Labute approximate surface area is 207 Å². The highest BCUT2D eigenvalue weighted by Gasteiger charge is 2.40. The number of hydrogen-bond acceptors (Lipinski definition) is 5. The zero-order valence-corrected chi connectivity index (χ0v) is 21.7. The molecule has 0 atom stereocenters. The molecule has 196 valence electrons. The van der Waals surface area contributed by atoms with Crippen molar-refractivity contribution in [2.45, 2.75) is 40.0 Å². The van der Waals surface area contributed by atoms with Gasteiger partial charge in [0.15, 0.2) is 6.61 Å². The van der Waals surface area contributed by atoms with Crippen molar-refractivity contribution in [2.75, 3.05) is 46.9 Å². The molecule has 1 fully saturated rings. The molecule has 2 rings (SSSR count). The molecule has 5 N–H and O–H groups in total. The van der Waals surface area contributed by atoms with Crippen LogP contribution in [0.3, 0.4) is 0 Å². The standard InChI is InChI=1S/C14H21ClN2O2.C9H16N2O2.2H2O/c1-3-17(4-2)10-9-16-14(18)11-19-13-7-5-12(15)6-8-13;1-4-5-6-7-8(12)10(2)11(3)9(7)13;;/h5-8H,3-4,9-11H2,1-2H3,(H,16,18);7H,4-6H2,1-3H3;2*1H2. The lowest BCUT2D eigenvalue weighted by Crippen LogP contribution is -2.36. The van der Waals surface area contributed by atoms with Gasteiger partial charge in [0.05, 0.1) is 0 Å². The van der Waals surface area contributed by atoms with E-state index in [1.807, 2.05) is 0 Å². The first kappa shape index (κ1) is 33.8. The van der Waals surface area contributed by atoms with Crippen molar-refractivity contribution < 1.29 is 30.1 Å². The maximum atomic E-state index is 11.6. The molecule has 1 aromatic rings. The van der Waals surface area contributed by atoms with Crippen molar-refractivity contribution in [1.82, 2.24) is 20.2 Å². The molecule has 3 amide bonds. The number of amides is 3. The van der Waals surface area contributed by atoms with E-state index in [2.05, 4.69) is 31.0 Å². The van der Waals surface area contributed by atoms with Crippen molar-refractivity contribution in [3.05, 3.63) is 29.3 Å². The maximum absolute atomic E-state index is 11.6. The molecule has 0 spiro atoms. The second kappa shape index (κ2) is 18.0. The van der Waals surface area contributed by atoms with Crippen molar-refractivity contribution in [1.29, 1.82) is 0 Å². The third kappa shape index (κ3) is 11.1. The van der Waals surface area contributed by atoms with Crippen LogP contribution in [0.5, 0.6) is 5.75 Å². The van der Waals surface area contributed by atoms with E-state index in [9.17, 15) is 14.4 Å². The number of carbonyl (C=O) groups is 3. The van der Waals surface area contributed by atoms with E-state index in [-0.39, 0.29) is 35.3 Å². The van der Waals surface area contributed by atoms with Crippen LogP contribution in [0, 0.1) is 5.92 Å². The van der Waals surface area contributed by atoms with Crippen LogP contribution in [0.1, 0.15) is 40.0 Å². The summed E-state index contributed by atoms with van der Waals surface area (Å²) in [5.74, 6) is -0.0257. The summed E-state index contributed by atoms with van der Waals surface area (Å²) in [6.07, 6.45) is 2.64. The van der Waals surface area contributed by atoms with Crippen LogP contribution in [-0.4, -0.2) is 90.5 Å². The van der Waals surface area contributed by atoms with Gasteiger partial charge in [-0.3, -0.25) is 24.4 Å². The first-order valence-electron chi connectivity index (χ1n) is 11.2. The summed E-state index contributed by atoms with van der Waals surface area (Å²) in [6.45, 7) is 9.78. The van der Waals surface area contributed by atoms with E-state index in [1.165, 1.54) is 10.0 Å². The number of hydrazine groups is 1. The molecule has 0 bridgehead atoms. The number of halogens is 1. The van der Waals surface area contributed by atoms with Gasteiger partial charge in [-0.05, 0) is 43.8 Å². The lowest BCUT2D eigenvalue weighted by atomic mass is 10.0. The maximum Gasteiger partial charge on any atom is 0.257 e. The highest BCUT2D eigenvalue weighted by atomic mass is 35.5. The van der Waals surface area contributed by atoms with Gasteiger partial charge in [-0.2, -0.15) is 0 Å². The lowest BCUT2D eigenvalue weighted by Gasteiger charge is -2.17. The Morgan fingerprint density at radius 3 is 2.03 bits per heavy atom. The summed E-state index contributed by atoms with van der Waals surface area (Å²) < 4.78 is 5.35. The van der Waals surface area contributed by atoms with Crippen molar-refractivity contribution in [3.8, 4) is 5.75 Å². The highest BCUT2D eigenvalue weighted by molar-refractivity contribution is 6.30. The lowest BCUT2D eigenvalue weighted by molar-refractivity contribution is -0.141. The largest absolute Gasteiger partial charge is 0.484 e. The average molecular weight is 505 g/mol. The third-order valence-corrected chi connectivity index (χ3v) is 5.61. The van der Waals surface area contributed by atoms with Crippen LogP contribution in [-0.2, 0) is 14.4 Å². The molecule has 0 radical (unpaired) electrons. The molecule has 0 aromatic heterocycles. The summed E-state index contributed by atoms with van der Waals surface area (Å²) in [5, 5.41) is 6.26. The van der Waals surface area contributed by atoms with Crippen LogP contribution in [0.4, 0.5) is 0 Å². The monoisotopic (exact) mass is 504 g/mol. The third-order valence-electron chi connectivity index (χ3n) is 5.36. The zero-order chi connectivity index (χ0) is 24.1. The van der Waals surface area contributed by atoms with E-state index in [1.54, 1.807) is 38.4 Å². The summed E-state index contributed by atoms with van der Waals surface area (Å²) in [5.41, 5.74) is 0. The summed E-state index contributed by atoms with van der Waals surface area (Å²) in [6, 6.07) is 6.95. The van der Waals surface area contributed by atoms with Gasteiger partial charge in [0.1, 0.15) is 11.7 Å². The van der Waals surface area contributed by atoms with Gasteiger partial charge in [-0.15, -0.1) is 0 Å². The number of nitrogens with zero attached hydrogens (tertiary/aromatic N) is 3. The van der Waals surface area contributed by atoms with Gasteiger partial charge >= 0.3 is 0 Å². The highest BCUT2D eigenvalue weighted by Crippen LogP contribution is 2.21. The second-order valence-corrected chi connectivity index (χ2v) is 7.97. The number of nitrogens with one attached hydrogen (secondary N) is 1. The molecule has 0 saturated carbocycles. The topological polar surface area (TPSA) is 145 Å². The Morgan fingerprint density at radius 2 is 1.56 bits per heavy atom. The van der Waals surface area contributed by atoms with Gasteiger partial charge in [-0.1, -0.05) is 45.2 Å². The molecular formula is C23H41ClN4O6. The fourth-order valence-corrected chi connectivity index (χ4v) is 3.26. The molecule has 10 nitrogen and oxygen atoms in total. The molecule has 1 heterocycles. The van der Waals surface area contributed by atoms with E-state index in [0.29, 0.717) is 23.7 Å². The van der Waals surface area contributed by atoms with Crippen LogP contribution >= 0.6 is 11.6 Å². The number of rotatable bonds is 11. The number of unbranched alkanes of at least 4 members (excludes halogenated alkanes) is 1. The Morgan fingerprint density at radius 1 is 1.03 bits per heavy atom. The van der Waals surface area contributed by atoms with Crippen molar-refractivity contribution in [2.24, 2.45) is 5.92 Å². The smallest absolute Gasteiger partial charge is 0.257 e. The van der Waals surface area contributed by atoms with Crippen molar-refractivity contribution >= 4 is 29.3 Å². The number of benzene rings is 1. The number of likely N-dealkylation sites (N-methyl/N-ethyl adjacent to an activating group) is 1. The zero-order valence-electron chi connectivity index (χ0n) is 20.9. The fraction of sp³-hybridized carbons (Fsp3) is 0.609. The predicted molar refractivity (Wildman–Crippen MR) is 134 cm³/mol. The Balaban J connectivity index is 0. The first-order chi connectivity index (χ1) is 15.2. The Bertz CT molecular complexity index is 711. The SMILES string of the molecule is CCCCC1C(=O)N(C)N(C)C1=O.CCN(CC)CCNC(=O)COc1ccc(Cl)cc1.O.O. The molecule has 0 aliphatic carbocycles. The molecule has 1 saturated heterocycles. The Kier molecular flexibility index (Phi) is 17.9. The van der Waals surface area contributed by atoms with Crippen molar-refractivity contribution in [3.63, 3.8) is 0 Å². The molecule has 34 heavy (non-hydrogen) atoms. The minimum atomic E-state index is -0.421. The van der Waals surface area contributed by atoms with Gasteiger partial charge < -0.3 is 25.9 Å². The number of hydrogen-bond donors (Lipinski definition) is 1. The normalized spacial score (nSPS) is 13.1. The van der Waals surface area contributed by atoms with E-state index >= 15 is 0 Å². The minimum absolute atomic E-state index is 0. The minimum Gasteiger partial charge on any atom is -0.484 e. The number of ether oxygens (including phenoxy) is 1. The number of carbonyl (C=O) groups excluding carboxylic acids is 3. The predicted octanol–water partition coefficient (Wildman–Crippen LogP) is 1.17. The second-order valence-electron chi connectivity index (χ2n) is 7.54. The summed E-state index contributed by atoms with van der Waals surface area (Å²) in [7, 11) is 3.26. The van der Waals surface area contributed by atoms with Crippen LogP contribution in [0.25, 0.3) is 0 Å². The van der Waals surface area contributed by atoms with Crippen LogP contribution in [0.2, 0.25) is 5.02 Å². The van der Waals surface area contributed by atoms with E-state index in [0.717, 1.165) is 32.5 Å². The van der Waals surface area contributed by atoms with E-state index < -0.39 is 5.92 Å². The summed E-state index contributed by atoms with van der Waals surface area (Å²) >= 11 is 5.76. The van der Waals surface area contributed by atoms with Gasteiger partial charge in [0, 0.05) is 32.2 Å². The molecule has 11 heteroatoms. The van der Waals surface area contributed by atoms with Gasteiger partial charge in [-0.25, -0.2) is 0 Å². The van der Waals surface area contributed by atoms with Gasteiger partial charge in [0.25, 0.3) is 17.7 Å². The molecule has 1 aliphatic rings. The molecule has 1 aliphatic heterocycles. The average Bonchev–Trinajstić information content (AvgIpc) is 2.98. The summed E-state index contributed by atoms with van der Waals surface area (Å²) in [4.78, 5) is 36.8. The van der Waals surface area contributed by atoms with Gasteiger partial charge in [0.2, 0.25) is 0 Å². The fourth-order valence-electron chi connectivity index (χ4n) is 3.13. The Hall–Kier alpha value is -2.40. The first-order valence-corrected chi connectivity index (χ1v) is 11.5. The van der Waals surface area contributed by atoms with Crippen LogP contribution in [0.15, 0.2) is 24.3 Å². The van der Waals surface area contributed by atoms with Crippen LogP contribution < -0.4 is 10.1 Å². The van der Waals surface area contributed by atoms with E-state index in [4.69, 9.17) is 16.3 Å². The quantitative estimate of drug-likeness (QED) is 0.449.